The molecule has 0 bridgehead atoms. The number of amides is 2. The Bertz CT molecular complexity index is 672. The summed E-state index contributed by atoms with van der Waals surface area (Å²) in [4.78, 5) is 11.9. The van der Waals surface area contributed by atoms with E-state index >= 15 is 0 Å². The number of benzene rings is 2. The molecule has 3 N–H and O–H groups in total. The fraction of sp³-hybridized carbons (Fsp3) is 0.316. The molecule has 4 heteroatoms. The first-order valence-electron chi connectivity index (χ1n) is 7.99. The highest BCUT2D eigenvalue weighted by molar-refractivity contribution is 5.73. The van der Waals surface area contributed by atoms with Crippen LogP contribution in [0, 0.1) is 0 Å². The van der Waals surface area contributed by atoms with Gasteiger partial charge in [-0.25, -0.2) is 4.79 Å². The monoisotopic (exact) mass is 310 g/mol. The predicted octanol–water partition coefficient (Wildman–Crippen LogP) is 2.41. The molecule has 0 radical (unpaired) electrons. The molecule has 0 saturated heterocycles. The molecular weight excluding hydrogens is 288 g/mol. The SMILES string of the molecule is O=C(NCc1ccccc1)NCC1(O)CCc2ccccc2C1. The summed E-state index contributed by atoms with van der Waals surface area (Å²) in [5, 5.41) is 16.3. The molecule has 4 nitrogen and oxygen atoms in total. The third kappa shape index (κ3) is 4.11. The first kappa shape index (κ1) is 15.6. The van der Waals surface area contributed by atoms with Crippen molar-refractivity contribution in [2.75, 3.05) is 6.54 Å². The normalized spacial score (nSPS) is 19.7. The lowest BCUT2D eigenvalue weighted by atomic mass is 9.80. The van der Waals surface area contributed by atoms with Crippen molar-refractivity contribution in [2.45, 2.75) is 31.4 Å². The van der Waals surface area contributed by atoms with Crippen LogP contribution in [0.2, 0.25) is 0 Å². The number of fused-ring (bicyclic) bond motifs is 1. The lowest BCUT2D eigenvalue weighted by Crippen LogP contribution is -2.49. The van der Waals surface area contributed by atoms with Crippen LogP contribution >= 0.6 is 0 Å². The second-order valence-electron chi connectivity index (χ2n) is 6.19. The third-order valence-electron chi connectivity index (χ3n) is 4.37. The van der Waals surface area contributed by atoms with Crippen molar-refractivity contribution in [1.29, 1.82) is 0 Å². The van der Waals surface area contributed by atoms with Gasteiger partial charge in [0.05, 0.1) is 5.60 Å². The first-order chi connectivity index (χ1) is 11.1. The molecule has 0 aromatic heterocycles. The van der Waals surface area contributed by atoms with E-state index in [1.807, 2.05) is 42.5 Å². The van der Waals surface area contributed by atoms with Gasteiger partial charge in [0, 0.05) is 19.5 Å². The summed E-state index contributed by atoms with van der Waals surface area (Å²) in [6.45, 7) is 0.746. The summed E-state index contributed by atoms with van der Waals surface area (Å²) < 4.78 is 0. The van der Waals surface area contributed by atoms with Gasteiger partial charge in [0.1, 0.15) is 0 Å². The molecule has 120 valence electrons. The van der Waals surface area contributed by atoms with Crippen molar-refractivity contribution < 1.29 is 9.90 Å². The molecule has 1 aliphatic rings. The van der Waals surface area contributed by atoms with Crippen molar-refractivity contribution in [3.8, 4) is 0 Å². The molecule has 0 heterocycles. The minimum absolute atomic E-state index is 0.249. The average molecular weight is 310 g/mol. The highest BCUT2D eigenvalue weighted by Gasteiger charge is 2.32. The smallest absolute Gasteiger partial charge is 0.315 e. The minimum Gasteiger partial charge on any atom is -0.388 e. The summed E-state index contributed by atoms with van der Waals surface area (Å²) >= 11 is 0. The van der Waals surface area contributed by atoms with Gasteiger partial charge in [-0.2, -0.15) is 0 Å². The Labute approximate surface area is 136 Å². The molecule has 1 atom stereocenters. The second kappa shape index (κ2) is 6.84. The standard InChI is InChI=1S/C19H22N2O2/c22-18(20-13-15-6-2-1-3-7-15)21-14-19(23)11-10-16-8-4-5-9-17(16)12-19/h1-9,23H,10-14H2,(H2,20,21,22). The van der Waals surface area contributed by atoms with E-state index in [4.69, 9.17) is 0 Å². The van der Waals surface area contributed by atoms with E-state index < -0.39 is 5.60 Å². The van der Waals surface area contributed by atoms with Gasteiger partial charge in [0.25, 0.3) is 0 Å². The molecule has 0 fully saturated rings. The van der Waals surface area contributed by atoms with Gasteiger partial charge < -0.3 is 15.7 Å². The summed E-state index contributed by atoms with van der Waals surface area (Å²) in [5.74, 6) is 0. The van der Waals surface area contributed by atoms with Gasteiger partial charge in [-0.15, -0.1) is 0 Å². The van der Waals surface area contributed by atoms with Gasteiger partial charge in [0.15, 0.2) is 0 Å². The molecule has 1 unspecified atom stereocenters. The van der Waals surface area contributed by atoms with Crippen LogP contribution in [0.15, 0.2) is 54.6 Å². The average Bonchev–Trinajstić information content (AvgIpc) is 2.59. The summed E-state index contributed by atoms with van der Waals surface area (Å²) in [7, 11) is 0. The zero-order valence-corrected chi connectivity index (χ0v) is 13.1. The number of aryl methyl sites for hydroxylation is 1. The number of urea groups is 1. The van der Waals surface area contributed by atoms with Crippen LogP contribution in [0.5, 0.6) is 0 Å². The number of nitrogens with one attached hydrogen (secondary N) is 2. The Hall–Kier alpha value is -2.33. The van der Waals surface area contributed by atoms with Gasteiger partial charge >= 0.3 is 6.03 Å². The molecule has 2 amide bonds. The quantitative estimate of drug-likeness (QED) is 0.812. The van der Waals surface area contributed by atoms with Gasteiger partial charge in [0.2, 0.25) is 0 Å². The van der Waals surface area contributed by atoms with Crippen molar-refractivity contribution in [1.82, 2.24) is 10.6 Å². The molecule has 23 heavy (non-hydrogen) atoms. The number of hydrogen-bond acceptors (Lipinski definition) is 2. The molecule has 2 aromatic rings. The Morgan fingerprint density at radius 3 is 2.48 bits per heavy atom. The van der Waals surface area contributed by atoms with E-state index in [1.165, 1.54) is 11.1 Å². The first-order valence-corrected chi connectivity index (χ1v) is 7.99. The summed E-state index contributed by atoms with van der Waals surface area (Å²) in [6.07, 6.45) is 2.10. The molecular formula is C19H22N2O2. The highest BCUT2D eigenvalue weighted by Crippen LogP contribution is 2.28. The molecule has 0 aliphatic heterocycles. The van der Waals surface area contributed by atoms with Crippen LogP contribution in [0.25, 0.3) is 0 Å². The van der Waals surface area contributed by atoms with Crippen molar-refractivity contribution >= 4 is 6.03 Å². The van der Waals surface area contributed by atoms with Crippen LogP contribution in [-0.2, 0) is 19.4 Å². The number of aliphatic hydroxyl groups is 1. The Balaban J connectivity index is 1.49. The van der Waals surface area contributed by atoms with E-state index in [0.717, 1.165) is 12.0 Å². The fourth-order valence-corrected chi connectivity index (χ4v) is 3.02. The van der Waals surface area contributed by atoms with Crippen LogP contribution in [-0.4, -0.2) is 23.3 Å². The zero-order valence-electron chi connectivity index (χ0n) is 13.1. The largest absolute Gasteiger partial charge is 0.388 e. The number of hydrogen-bond donors (Lipinski definition) is 3. The molecule has 3 rings (SSSR count). The van der Waals surface area contributed by atoms with Crippen LogP contribution in [0.1, 0.15) is 23.1 Å². The van der Waals surface area contributed by atoms with E-state index in [9.17, 15) is 9.90 Å². The van der Waals surface area contributed by atoms with Gasteiger partial charge in [-0.3, -0.25) is 0 Å². The van der Waals surface area contributed by atoms with Gasteiger partial charge in [-0.1, -0.05) is 54.6 Å². The zero-order chi connectivity index (χ0) is 16.1. The lowest BCUT2D eigenvalue weighted by molar-refractivity contribution is 0.0291. The van der Waals surface area contributed by atoms with Crippen molar-refractivity contribution in [3.63, 3.8) is 0 Å². The van der Waals surface area contributed by atoms with Crippen LogP contribution < -0.4 is 10.6 Å². The summed E-state index contributed by atoms with van der Waals surface area (Å²) in [6, 6.07) is 17.7. The molecule has 1 aliphatic carbocycles. The van der Waals surface area contributed by atoms with E-state index in [2.05, 4.69) is 22.8 Å². The molecule has 0 spiro atoms. The molecule has 2 aromatic carbocycles. The van der Waals surface area contributed by atoms with Crippen molar-refractivity contribution in [3.05, 3.63) is 71.3 Å². The lowest BCUT2D eigenvalue weighted by Gasteiger charge is -2.33. The second-order valence-corrected chi connectivity index (χ2v) is 6.19. The van der Waals surface area contributed by atoms with Crippen molar-refractivity contribution in [2.24, 2.45) is 0 Å². The van der Waals surface area contributed by atoms with Gasteiger partial charge in [-0.05, 0) is 29.5 Å². The number of carbonyl (C=O) groups is 1. The molecule has 0 saturated carbocycles. The number of rotatable bonds is 4. The van der Waals surface area contributed by atoms with E-state index in [1.54, 1.807) is 0 Å². The van der Waals surface area contributed by atoms with Crippen LogP contribution in [0.3, 0.4) is 0 Å². The maximum Gasteiger partial charge on any atom is 0.315 e. The maximum atomic E-state index is 11.9. The van der Waals surface area contributed by atoms with E-state index in [-0.39, 0.29) is 12.6 Å². The minimum atomic E-state index is -0.863. The number of carbonyl (C=O) groups excluding carboxylic acids is 1. The van der Waals surface area contributed by atoms with Crippen LogP contribution in [0.4, 0.5) is 4.79 Å². The Morgan fingerprint density at radius 1 is 1.00 bits per heavy atom. The Kier molecular flexibility index (Phi) is 4.63. The topological polar surface area (TPSA) is 61.4 Å². The van der Waals surface area contributed by atoms with E-state index in [0.29, 0.717) is 19.4 Å². The fourth-order valence-electron chi connectivity index (χ4n) is 3.02. The Morgan fingerprint density at radius 2 is 1.70 bits per heavy atom. The predicted molar refractivity (Wildman–Crippen MR) is 90.1 cm³/mol. The highest BCUT2D eigenvalue weighted by atomic mass is 16.3. The third-order valence-corrected chi connectivity index (χ3v) is 4.37. The maximum absolute atomic E-state index is 11.9. The summed E-state index contributed by atoms with van der Waals surface area (Å²) in [5.41, 5.74) is 2.66.